The molecule has 3 N–H and O–H groups in total. The summed E-state index contributed by atoms with van der Waals surface area (Å²) < 4.78 is 0. The first kappa shape index (κ1) is 12.2. The number of phenols is 1. The number of fused-ring (bicyclic) bond motifs is 1. The Morgan fingerprint density at radius 3 is 3.11 bits per heavy atom. The zero-order valence-electron chi connectivity index (χ0n) is 10.9. The Balaban J connectivity index is 1.95. The summed E-state index contributed by atoms with van der Waals surface area (Å²) in [6.45, 7) is 2.79. The van der Waals surface area contributed by atoms with Crippen molar-refractivity contribution in [2.24, 2.45) is 11.7 Å². The molecule has 0 amide bonds. The quantitative estimate of drug-likeness (QED) is 0.884. The highest BCUT2D eigenvalue weighted by Gasteiger charge is 2.23. The van der Waals surface area contributed by atoms with Gasteiger partial charge in [0.2, 0.25) is 0 Å². The molecule has 0 aliphatic carbocycles. The maximum absolute atomic E-state index is 9.67. The second-order valence-corrected chi connectivity index (χ2v) is 5.22. The number of phenolic OH excluding ortho intramolecular Hbond substituents is 1. The molecule has 3 rings (SSSR count). The van der Waals surface area contributed by atoms with Crippen LogP contribution in [0.3, 0.4) is 0 Å². The van der Waals surface area contributed by atoms with Crippen LogP contribution in [0.2, 0.25) is 0 Å². The van der Waals surface area contributed by atoms with Crippen LogP contribution in [0.1, 0.15) is 12.8 Å². The normalized spacial score (nSPS) is 19.2. The first-order valence-electron chi connectivity index (χ1n) is 6.80. The van der Waals surface area contributed by atoms with Gasteiger partial charge in [-0.15, -0.1) is 0 Å². The van der Waals surface area contributed by atoms with Crippen molar-refractivity contribution >= 4 is 16.6 Å². The number of benzene rings is 1. The second-order valence-electron chi connectivity index (χ2n) is 5.22. The number of hydrogen-bond donors (Lipinski definition) is 2. The van der Waals surface area contributed by atoms with Crippen LogP contribution in [0.15, 0.2) is 30.5 Å². The average Bonchev–Trinajstić information content (AvgIpc) is 2.87. The molecule has 19 heavy (non-hydrogen) atoms. The van der Waals surface area contributed by atoms with Gasteiger partial charge in [0.25, 0.3) is 0 Å². The first-order chi connectivity index (χ1) is 9.28. The molecule has 1 atom stereocenters. The molecule has 2 heterocycles. The van der Waals surface area contributed by atoms with Gasteiger partial charge in [-0.1, -0.05) is 6.07 Å². The number of aromatic hydroxyl groups is 1. The largest absolute Gasteiger partial charge is 0.508 e. The molecule has 0 spiro atoms. The number of nitrogens with zero attached hydrogens (tertiary/aromatic N) is 2. The van der Waals surface area contributed by atoms with E-state index in [1.54, 1.807) is 12.1 Å². The zero-order chi connectivity index (χ0) is 13.2. The molecule has 1 unspecified atom stereocenters. The van der Waals surface area contributed by atoms with Crippen LogP contribution in [-0.4, -0.2) is 29.7 Å². The van der Waals surface area contributed by atoms with E-state index >= 15 is 0 Å². The predicted molar refractivity (Wildman–Crippen MR) is 77.4 cm³/mol. The van der Waals surface area contributed by atoms with Crippen molar-refractivity contribution in [3.63, 3.8) is 0 Å². The van der Waals surface area contributed by atoms with Crippen molar-refractivity contribution in [1.82, 2.24) is 4.98 Å². The number of pyridine rings is 1. The van der Waals surface area contributed by atoms with Gasteiger partial charge >= 0.3 is 0 Å². The molecule has 1 aromatic carbocycles. The van der Waals surface area contributed by atoms with Gasteiger partial charge in [-0.25, -0.2) is 4.98 Å². The molecule has 0 radical (unpaired) electrons. The Morgan fingerprint density at radius 2 is 2.26 bits per heavy atom. The lowest BCUT2D eigenvalue weighted by atomic mass is 10.1. The maximum Gasteiger partial charge on any atom is 0.136 e. The molecule has 0 bridgehead atoms. The molecular formula is C15H19N3O. The lowest BCUT2D eigenvalue weighted by Gasteiger charge is -2.19. The van der Waals surface area contributed by atoms with Crippen LogP contribution in [0.25, 0.3) is 10.8 Å². The van der Waals surface area contributed by atoms with Crippen molar-refractivity contribution in [3.05, 3.63) is 30.5 Å². The Hall–Kier alpha value is -1.81. The molecule has 2 aromatic rings. The third-order valence-corrected chi connectivity index (χ3v) is 3.89. The van der Waals surface area contributed by atoms with Crippen LogP contribution < -0.4 is 10.6 Å². The van der Waals surface area contributed by atoms with Crippen LogP contribution in [0, 0.1) is 5.92 Å². The number of hydrogen-bond acceptors (Lipinski definition) is 4. The summed E-state index contributed by atoms with van der Waals surface area (Å²) in [4.78, 5) is 6.82. The maximum atomic E-state index is 9.67. The Morgan fingerprint density at radius 1 is 1.37 bits per heavy atom. The monoisotopic (exact) mass is 257 g/mol. The summed E-state index contributed by atoms with van der Waals surface area (Å²) in [6, 6.07) is 7.43. The van der Waals surface area contributed by atoms with Crippen molar-refractivity contribution in [1.29, 1.82) is 0 Å². The molecule has 1 fully saturated rings. The van der Waals surface area contributed by atoms with E-state index in [2.05, 4.69) is 9.88 Å². The predicted octanol–water partition coefficient (Wildman–Crippen LogP) is 2.12. The molecule has 1 aromatic heterocycles. The van der Waals surface area contributed by atoms with Gasteiger partial charge in [0.1, 0.15) is 11.6 Å². The number of anilines is 1. The standard InChI is InChI=1S/C15H19N3O/c16-6-3-11-5-8-18(10-11)15-14-9-13(19)2-1-12(14)4-7-17-15/h1-2,4,7,9,11,19H,3,5-6,8,10,16H2. The lowest BCUT2D eigenvalue weighted by Crippen LogP contribution is -2.21. The molecule has 1 saturated heterocycles. The van der Waals surface area contributed by atoms with E-state index in [-0.39, 0.29) is 0 Å². The molecular weight excluding hydrogens is 238 g/mol. The van der Waals surface area contributed by atoms with E-state index in [9.17, 15) is 5.11 Å². The van der Waals surface area contributed by atoms with E-state index in [1.165, 1.54) is 6.42 Å². The van der Waals surface area contributed by atoms with Gasteiger partial charge in [-0.3, -0.25) is 0 Å². The van der Waals surface area contributed by atoms with Crippen LogP contribution in [0.4, 0.5) is 5.82 Å². The van der Waals surface area contributed by atoms with Crippen LogP contribution in [0.5, 0.6) is 5.75 Å². The Labute approximate surface area is 112 Å². The summed E-state index contributed by atoms with van der Waals surface area (Å²) in [7, 11) is 0. The average molecular weight is 257 g/mol. The summed E-state index contributed by atoms with van der Waals surface area (Å²) in [6.07, 6.45) is 4.09. The minimum Gasteiger partial charge on any atom is -0.508 e. The van der Waals surface area contributed by atoms with E-state index in [0.29, 0.717) is 11.7 Å². The minimum atomic E-state index is 0.291. The van der Waals surface area contributed by atoms with E-state index in [0.717, 1.165) is 42.6 Å². The fourth-order valence-corrected chi connectivity index (χ4v) is 2.89. The molecule has 1 aliphatic heterocycles. The van der Waals surface area contributed by atoms with Gasteiger partial charge in [0.05, 0.1) is 0 Å². The van der Waals surface area contributed by atoms with Crippen molar-refractivity contribution < 1.29 is 5.11 Å². The second kappa shape index (κ2) is 5.05. The summed E-state index contributed by atoms with van der Waals surface area (Å²) in [5.41, 5.74) is 5.64. The highest BCUT2D eigenvalue weighted by Crippen LogP contribution is 2.31. The fraction of sp³-hybridized carbons (Fsp3) is 0.400. The Kier molecular flexibility index (Phi) is 3.25. The van der Waals surface area contributed by atoms with Crippen LogP contribution in [-0.2, 0) is 0 Å². The summed E-state index contributed by atoms with van der Waals surface area (Å²) in [5, 5.41) is 11.8. The topological polar surface area (TPSA) is 62.4 Å². The van der Waals surface area contributed by atoms with E-state index in [4.69, 9.17) is 5.73 Å². The number of nitrogens with two attached hydrogens (primary N) is 1. The summed E-state index contributed by atoms with van der Waals surface area (Å²) >= 11 is 0. The molecule has 4 nitrogen and oxygen atoms in total. The van der Waals surface area contributed by atoms with Crippen molar-refractivity contribution in [2.45, 2.75) is 12.8 Å². The number of aromatic nitrogens is 1. The van der Waals surface area contributed by atoms with Gasteiger partial charge in [-0.2, -0.15) is 0 Å². The third kappa shape index (κ3) is 2.36. The number of rotatable bonds is 3. The van der Waals surface area contributed by atoms with Gasteiger partial charge in [0.15, 0.2) is 0 Å². The lowest BCUT2D eigenvalue weighted by molar-refractivity contribution is 0.476. The smallest absolute Gasteiger partial charge is 0.136 e. The van der Waals surface area contributed by atoms with Crippen LogP contribution >= 0.6 is 0 Å². The minimum absolute atomic E-state index is 0.291. The molecule has 0 saturated carbocycles. The Bertz CT molecular complexity index is 585. The summed E-state index contributed by atoms with van der Waals surface area (Å²) in [5.74, 6) is 1.94. The molecule has 100 valence electrons. The van der Waals surface area contributed by atoms with Gasteiger partial charge in [0, 0.05) is 24.7 Å². The van der Waals surface area contributed by atoms with Crippen molar-refractivity contribution in [3.8, 4) is 5.75 Å². The van der Waals surface area contributed by atoms with Gasteiger partial charge < -0.3 is 15.7 Å². The SMILES string of the molecule is NCCC1CCN(c2nccc3ccc(O)cc23)C1. The van der Waals surface area contributed by atoms with E-state index < -0.39 is 0 Å². The highest BCUT2D eigenvalue weighted by molar-refractivity contribution is 5.93. The van der Waals surface area contributed by atoms with Crippen molar-refractivity contribution in [2.75, 3.05) is 24.5 Å². The zero-order valence-corrected chi connectivity index (χ0v) is 10.9. The van der Waals surface area contributed by atoms with Gasteiger partial charge in [-0.05, 0) is 48.9 Å². The molecule has 4 heteroatoms. The molecule has 1 aliphatic rings. The van der Waals surface area contributed by atoms with E-state index in [1.807, 2.05) is 18.3 Å². The highest BCUT2D eigenvalue weighted by atomic mass is 16.3. The fourth-order valence-electron chi connectivity index (χ4n) is 2.89. The third-order valence-electron chi connectivity index (χ3n) is 3.89. The first-order valence-corrected chi connectivity index (χ1v) is 6.80.